The molecule has 2 atom stereocenters. The van der Waals surface area contributed by atoms with Gasteiger partial charge in [0.15, 0.2) is 6.10 Å². The molecule has 0 bridgehead atoms. The first-order chi connectivity index (χ1) is 16.3. The van der Waals surface area contributed by atoms with Gasteiger partial charge in [0.05, 0.1) is 13.2 Å². The first kappa shape index (κ1) is 24.1. The van der Waals surface area contributed by atoms with E-state index in [0.29, 0.717) is 11.4 Å². The largest absolute Gasteiger partial charge is 0.497 e. The highest BCUT2D eigenvalue weighted by molar-refractivity contribution is 7.11. The molecule has 180 valence electrons. The molecule has 7 heteroatoms. The smallest absolute Gasteiger partial charge is 0.348 e. The third-order valence-electron chi connectivity index (χ3n) is 5.68. The van der Waals surface area contributed by atoms with Gasteiger partial charge in [-0.05, 0) is 75.0 Å². The van der Waals surface area contributed by atoms with Gasteiger partial charge in [-0.25, -0.2) is 4.79 Å². The van der Waals surface area contributed by atoms with E-state index in [1.165, 1.54) is 11.3 Å². The summed E-state index contributed by atoms with van der Waals surface area (Å²) in [6.07, 6.45) is -1.15. The zero-order valence-corrected chi connectivity index (χ0v) is 21.0. The molecular formula is C27H31NO5S. The molecule has 1 aliphatic heterocycles. The maximum Gasteiger partial charge on any atom is 0.348 e. The molecule has 2 aromatic carbocycles. The van der Waals surface area contributed by atoms with Crippen molar-refractivity contribution < 1.29 is 23.7 Å². The summed E-state index contributed by atoms with van der Waals surface area (Å²) in [5.41, 5.74) is 2.15. The molecule has 0 aliphatic carbocycles. The molecule has 0 amide bonds. The molecule has 1 aromatic heterocycles. The minimum atomic E-state index is -0.766. The van der Waals surface area contributed by atoms with Crippen LogP contribution in [0.1, 0.15) is 54.6 Å². The van der Waals surface area contributed by atoms with Crippen LogP contribution in [0.2, 0.25) is 0 Å². The molecule has 4 rings (SSSR count). The molecule has 0 spiro atoms. The van der Waals surface area contributed by atoms with E-state index in [4.69, 9.17) is 18.9 Å². The lowest BCUT2D eigenvalue weighted by molar-refractivity contribution is -0.151. The third-order valence-corrected chi connectivity index (χ3v) is 6.53. The van der Waals surface area contributed by atoms with Crippen molar-refractivity contribution in [3.8, 4) is 11.5 Å². The van der Waals surface area contributed by atoms with Gasteiger partial charge in [0.1, 0.15) is 28.1 Å². The van der Waals surface area contributed by atoms with Gasteiger partial charge in [-0.2, -0.15) is 0 Å². The lowest BCUT2D eigenvalue weighted by Gasteiger charge is -2.44. The summed E-state index contributed by atoms with van der Waals surface area (Å²) < 4.78 is 23.9. The standard InChI is InChI=1S/C27H31NO5S/c1-17(2)31-24-21-15-19(28-16-18-8-11-20(30-5)12-9-18)10-13-22(21)33-27(3,4)25(24)32-26(29)23-7-6-14-34-23/h6-15,17,24-25,28H,16H2,1-5H3. The van der Waals surface area contributed by atoms with Gasteiger partial charge >= 0.3 is 5.97 Å². The van der Waals surface area contributed by atoms with Crippen LogP contribution in [0, 0.1) is 0 Å². The summed E-state index contributed by atoms with van der Waals surface area (Å²) in [7, 11) is 1.66. The molecule has 2 heterocycles. The highest BCUT2D eigenvalue weighted by Gasteiger charge is 2.48. The molecule has 0 saturated carbocycles. The number of methoxy groups -OCH3 is 1. The average molecular weight is 482 g/mol. The predicted molar refractivity (Wildman–Crippen MR) is 134 cm³/mol. The van der Waals surface area contributed by atoms with Crippen LogP contribution in [0.25, 0.3) is 0 Å². The van der Waals surface area contributed by atoms with Crippen LogP contribution in [0.15, 0.2) is 60.0 Å². The molecule has 1 N–H and O–H groups in total. The fraction of sp³-hybridized carbons (Fsp3) is 0.370. The SMILES string of the molecule is COc1ccc(CNc2ccc3c(c2)C(OC(C)C)C(OC(=O)c2cccs2)C(C)(C)O3)cc1. The number of hydrogen-bond donors (Lipinski definition) is 1. The van der Waals surface area contributed by atoms with Gasteiger partial charge in [-0.3, -0.25) is 0 Å². The van der Waals surface area contributed by atoms with Crippen molar-refractivity contribution >= 4 is 23.0 Å². The van der Waals surface area contributed by atoms with Crippen LogP contribution >= 0.6 is 11.3 Å². The number of esters is 1. The van der Waals surface area contributed by atoms with Gasteiger partial charge in [-0.15, -0.1) is 11.3 Å². The van der Waals surface area contributed by atoms with Crippen LogP contribution in [-0.2, 0) is 16.0 Å². The van der Waals surface area contributed by atoms with Crippen LogP contribution in [0.4, 0.5) is 5.69 Å². The molecule has 2 unspecified atom stereocenters. The molecule has 0 fully saturated rings. The summed E-state index contributed by atoms with van der Waals surface area (Å²) in [6.45, 7) is 8.46. The van der Waals surface area contributed by atoms with E-state index in [-0.39, 0.29) is 12.1 Å². The van der Waals surface area contributed by atoms with Crippen molar-refractivity contribution in [3.63, 3.8) is 0 Å². The zero-order valence-electron chi connectivity index (χ0n) is 20.2. The lowest BCUT2D eigenvalue weighted by atomic mass is 9.87. The molecule has 1 aliphatic rings. The monoisotopic (exact) mass is 481 g/mol. The molecule has 34 heavy (non-hydrogen) atoms. The van der Waals surface area contributed by atoms with Crippen molar-refractivity contribution in [2.24, 2.45) is 0 Å². The fourth-order valence-electron chi connectivity index (χ4n) is 4.00. The van der Waals surface area contributed by atoms with Gasteiger partial charge in [-0.1, -0.05) is 18.2 Å². The summed E-state index contributed by atoms with van der Waals surface area (Å²) >= 11 is 1.36. The number of hydrogen-bond acceptors (Lipinski definition) is 7. The third kappa shape index (κ3) is 5.37. The van der Waals surface area contributed by atoms with E-state index in [9.17, 15) is 4.79 Å². The number of nitrogens with one attached hydrogen (secondary N) is 1. The molecule has 6 nitrogen and oxygen atoms in total. The zero-order chi connectivity index (χ0) is 24.3. The Hall–Kier alpha value is -3.03. The number of carbonyl (C=O) groups is 1. The van der Waals surface area contributed by atoms with Crippen LogP contribution < -0.4 is 14.8 Å². The van der Waals surface area contributed by atoms with Gasteiger partial charge in [0.25, 0.3) is 0 Å². The van der Waals surface area contributed by atoms with Crippen molar-refractivity contribution in [1.82, 2.24) is 0 Å². The number of rotatable bonds is 8. The Morgan fingerprint density at radius 3 is 2.56 bits per heavy atom. The highest BCUT2D eigenvalue weighted by atomic mass is 32.1. The predicted octanol–water partition coefficient (Wildman–Crippen LogP) is 6.23. The lowest BCUT2D eigenvalue weighted by Crippen LogP contribution is -2.52. The second-order valence-electron chi connectivity index (χ2n) is 9.07. The Balaban J connectivity index is 1.59. The van der Waals surface area contributed by atoms with Crippen LogP contribution in [-0.4, -0.2) is 30.9 Å². The summed E-state index contributed by atoms with van der Waals surface area (Å²) in [6, 6.07) is 17.5. The van der Waals surface area contributed by atoms with E-state index >= 15 is 0 Å². The van der Waals surface area contributed by atoms with Crippen LogP contribution in [0.5, 0.6) is 11.5 Å². The van der Waals surface area contributed by atoms with Crippen molar-refractivity contribution in [1.29, 1.82) is 0 Å². The second-order valence-corrected chi connectivity index (χ2v) is 10.0. The van der Waals surface area contributed by atoms with Gasteiger partial charge in [0.2, 0.25) is 0 Å². The number of anilines is 1. The molecule has 3 aromatic rings. The van der Waals surface area contributed by atoms with Crippen molar-refractivity contribution in [2.75, 3.05) is 12.4 Å². The maximum absolute atomic E-state index is 12.8. The Morgan fingerprint density at radius 1 is 1.15 bits per heavy atom. The van der Waals surface area contributed by atoms with E-state index in [0.717, 1.165) is 28.3 Å². The summed E-state index contributed by atoms with van der Waals surface area (Å²) in [4.78, 5) is 13.4. The highest BCUT2D eigenvalue weighted by Crippen LogP contribution is 2.45. The van der Waals surface area contributed by atoms with Gasteiger partial charge in [0, 0.05) is 17.8 Å². The molecular weight excluding hydrogens is 450 g/mol. The molecule has 0 saturated heterocycles. The van der Waals surface area contributed by atoms with Crippen LogP contribution in [0.3, 0.4) is 0 Å². The average Bonchev–Trinajstić information content (AvgIpc) is 3.35. The van der Waals surface area contributed by atoms with Gasteiger partial charge < -0.3 is 24.3 Å². The van der Waals surface area contributed by atoms with Crippen molar-refractivity contribution in [2.45, 2.75) is 58.2 Å². The quantitative estimate of drug-likeness (QED) is 0.385. The second kappa shape index (κ2) is 10.1. The normalized spacial score (nSPS) is 18.6. The fourth-order valence-corrected chi connectivity index (χ4v) is 4.61. The topological polar surface area (TPSA) is 66.0 Å². The maximum atomic E-state index is 12.8. The number of ether oxygens (including phenoxy) is 4. The Morgan fingerprint density at radius 2 is 1.91 bits per heavy atom. The number of thiophene rings is 1. The van der Waals surface area contributed by atoms with E-state index in [1.807, 2.05) is 81.6 Å². The Kier molecular flexibility index (Phi) is 7.14. The van der Waals surface area contributed by atoms with Crippen molar-refractivity contribution in [3.05, 3.63) is 76.0 Å². The van der Waals surface area contributed by atoms with E-state index in [2.05, 4.69) is 5.32 Å². The number of carbonyl (C=O) groups excluding carboxylic acids is 1. The number of fused-ring (bicyclic) bond motifs is 1. The number of benzene rings is 2. The summed E-state index contributed by atoms with van der Waals surface area (Å²) in [5.74, 6) is 1.19. The van der Waals surface area contributed by atoms with E-state index < -0.39 is 17.8 Å². The first-order valence-electron chi connectivity index (χ1n) is 11.4. The minimum Gasteiger partial charge on any atom is -0.497 e. The Labute approximate surface area is 204 Å². The molecule has 0 radical (unpaired) electrons. The summed E-state index contributed by atoms with van der Waals surface area (Å²) in [5, 5.41) is 5.32. The first-order valence-corrected chi connectivity index (χ1v) is 12.2. The Bertz CT molecular complexity index is 1110. The minimum absolute atomic E-state index is 0.0643. The van der Waals surface area contributed by atoms with E-state index in [1.54, 1.807) is 13.2 Å².